The molecule has 1 saturated carbocycles. The number of rotatable bonds is 4. The van der Waals surface area contributed by atoms with Gasteiger partial charge in [0.25, 0.3) is 0 Å². The van der Waals surface area contributed by atoms with Crippen LogP contribution in [0.15, 0.2) is 18.2 Å². The first-order chi connectivity index (χ1) is 8.61. The van der Waals surface area contributed by atoms with E-state index in [0.717, 1.165) is 18.4 Å². The Kier molecular flexibility index (Phi) is 4.45. The molecule has 0 saturated heterocycles. The van der Waals surface area contributed by atoms with Crippen LogP contribution in [-0.4, -0.2) is 6.54 Å². The average molecular weight is 245 g/mol. The Morgan fingerprint density at radius 1 is 1.17 bits per heavy atom. The quantitative estimate of drug-likeness (QED) is 0.829. The van der Waals surface area contributed by atoms with E-state index < -0.39 is 0 Å². The molecular weight excluding hydrogens is 218 g/mol. The summed E-state index contributed by atoms with van der Waals surface area (Å²) in [6.45, 7) is 10.1. The molecule has 0 aromatic heterocycles. The van der Waals surface area contributed by atoms with Crippen molar-refractivity contribution in [3.05, 3.63) is 34.9 Å². The molecule has 3 atom stereocenters. The van der Waals surface area contributed by atoms with Crippen LogP contribution in [0.2, 0.25) is 0 Å². The summed E-state index contributed by atoms with van der Waals surface area (Å²) >= 11 is 0. The van der Waals surface area contributed by atoms with Gasteiger partial charge in [0.15, 0.2) is 0 Å². The molecule has 1 aliphatic carbocycles. The third kappa shape index (κ3) is 2.95. The van der Waals surface area contributed by atoms with Gasteiger partial charge in [0.2, 0.25) is 0 Å². The van der Waals surface area contributed by atoms with Gasteiger partial charge in [-0.15, -0.1) is 0 Å². The van der Waals surface area contributed by atoms with Crippen molar-refractivity contribution in [2.75, 3.05) is 6.54 Å². The lowest BCUT2D eigenvalue weighted by Crippen LogP contribution is -2.29. The van der Waals surface area contributed by atoms with Crippen molar-refractivity contribution in [3.8, 4) is 0 Å². The van der Waals surface area contributed by atoms with Crippen molar-refractivity contribution in [1.82, 2.24) is 5.32 Å². The van der Waals surface area contributed by atoms with Gasteiger partial charge in [-0.3, -0.25) is 0 Å². The summed E-state index contributed by atoms with van der Waals surface area (Å²) in [6.07, 6.45) is 4.18. The molecule has 1 aromatic carbocycles. The van der Waals surface area contributed by atoms with Crippen molar-refractivity contribution >= 4 is 0 Å². The van der Waals surface area contributed by atoms with Crippen LogP contribution < -0.4 is 5.32 Å². The smallest absolute Gasteiger partial charge is 0.0351 e. The molecule has 3 unspecified atom stereocenters. The van der Waals surface area contributed by atoms with Crippen molar-refractivity contribution in [2.24, 2.45) is 11.8 Å². The average Bonchev–Trinajstić information content (AvgIpc) is 2.71. The van der Waals surface area contributed by atoms with Gasteiger partial charge in [0, 0.05) is 6.04 Å². The summed E-state index contributed by atoms with van der Waals surface area (Å²) in [4.78, 5) is 0. The van der Waals surface area contributed by atoms with Crippen molar-refractivity contribution in [2.45, 2.75) is 53.0 Å². The fraction of sp³-hybridized carbons (Fsp3) is 0.647. The van der Waals surface area contributed by atoms with E-state index in [-0.39, 0.29) is 0 Å². The lowest BCUT2D eigenvalue weighted by molar-refractivity contribution is 0.305. The minimum Gasteiger partial charge on any atom is -0.310 e. The molecule has 1 nitrogen and oxygen atoms in total. The Balaban J connectivity index is 2.28. The van der Waals surface area contributed by atoms with Crippen molar-refractivity contribution in [3.63, 3.8) is 0 Å². The molecule has 100 valence electrons. The van der Waals surface area contributed by atoms with Gasteiger partial charge in [-0.1, -0.05) is 56.0 Å². The molecule has 18 heavy (non-hydrogen) atoms. The highest BCUT2D eigenvalue weighted by Crippen LogP contribution is 2.40. The van der Waals surface area contributed by atoms with E-state index >= 15 is 0 Å². The Bertz CT molecular complexity index is 376. The number of aryl methyl sites for hydroxylation is 2. The molecule has 0 aliphatic heterocycles. The highest BCUT2D eigenvalue weighted by atomic mass is 14.9. The first-order valence-corrected chi connectivity index (χ1v) is 7.43. The topological polar surface area (TPSA) is 12.0 Å². The molecule has 1 aliphatic rings. The number of hydrogen-bond acceptors (Lipinski definition) is 1. The van der Waals surface area contributed by atoms with E-state index in [1.165, 1.54) is 36.0 Å². The van der Waals surface area contributed by atoms with Gasteiger partial charge in [-0.2, -0.15) is 0 Å². The molecule has 0 heterocycles. The largest absolute Gasteiger partial charge is 0.310 e. The van der Waals surface area contributed by atoms with E-state index in [9.17, 15) is 0 Å². The Morgan fingerprint density at radius 3 is 2.33 bits per heavy atom. The lowest BCUT2D eigenvalue weighted by atomic mass is 9.85. The van der Waals surface area contributed by atoms with Crippen LogP contribution in [0.25, 0.3) is 0 Å². The van der Waals surface area contributed by atoms with Crippen LogP contribution in [0.3, 0.4) is 0 Å². The van der Waals surface area contributed by atoms with Crippen LogP contribution in [0.1, 0.15) is 55.8 Å². The minimum absolute atomic E-state index is 0.547. The molecule has 0 radical (unpaired) electrons. The maximum absolute atomic E-state index is 3.73. The fourth-order valence-corrected chi connectivity index (χ4v) is 3.60. The number of nitrogens with one attached hydrogen (secondary N) is 1. The van der Waals surface area contributed by atoms with Crippen molar-refractivity contribution in [1.29, 1.82) is 0 Å². The first kappa shape index (κ1) is 13.6. The second-order valence-electron chi connectivity index (χ2n) is 6.03. The van der Waals surface area contributed by atoms with E-state index in [4.69, 9.17) is 0 Å². The van der Waals surface area contributed by atoms with Crippen LogP contribution >= 0.6 is 0 Å². The van der Waals surface area contributed by atoms with Gasteiger partial charge in [-0.05, 0) is 44.2 Å². The Hall–Kier alpha value is -0.820. The molecule has 0 spiro atoms. The van der Waals surface area contributed by atoms with Gasteiger partial charge in [0.1, 0.15) is 0 Å². The van der Waals surface area contributed by atoms with Crippen molar-refractivity contribution < 1.29 is 0 Å². The highest BCUT2D eigenvalue weighted by molar-refractivity contribution is 5.31. The van der Waals surface area contributed by atoms with Gasteiger partial charge < -0.3 is 5.32 Å². The van der Waals surface area contributed by atoms with Crippen LogP contribution in [0.4, 0.5) is 0 Å². The second kappa shape index (κ2) is 5.88. The van der Waals surface area contributed by atoms with Gasteiger partial charge >= 0.3 is 0 Å². The molecule has 0 bridgehead atoms. The standard InChI is InChI=1S/C17H27N/c1-5-18-17(16-8-6-7-14(16)4)15-10-12(2)9-13(3)11-15/h9-11,14,16-18H,5-8H2,1-4H3. The van der Waals surface area contributed by atoms with E-state index in [0.29, 0.717) is 6.04 Å². The zero-order valence-corrected chi connectivity index (χ0v) is 12.3. The summed E-state index contributed by atoms with van der Waals surface area (Å²) in [7, 11) is 0. The third-order valence-corrected chi connectivity index (χ3v) is 4.38. The SMILES string of the molecule is CCNC(c1cc(C)cc(C)c1)C1CCCC1C. The maximum atomic E-state index is 3.73. The van der Waals surface area contributed by atoms with Crippen LogP contribution in [0.5, 0.6) is 0 Å². The molecule has 0 amide bonds. The second-order valence-corrected chi connectivity index (χ2v) is 6.03. The third-order valence-electron chi connectivity index (χ3n) is 4.38. The summed E-state index contributed by atoms with van der Waals surface area (Å²) in [5.41, 5.74) is 4.27. The molecule has 2 rings (SSSR count). The molecule has 1 N–H and O–H groups in total. The zero-order valence-electron chi connectivity index (χ0n) is 12.3. The number of hydrogen-bond donors (Lipinski definition) is 1. The molecule has 1 heteroatoms. The predicted molar refractivity (Wildman–Crippen MR) is 78.8 cm³/mol. The highest BCUT2D eigenvalue weighted by Gasteiger charge is 2.31. The minimum atomic E-state index is 0.547. The molecule has 1 aromatic rings. The van der Waals surface area contributed by atoms with E-state index in [1.807, 2.05) is 0 Å². The maximum Gasteiger partial charge on any atom is 0.0351 e. The molecular formula is C17H27N. The van der Waals surface area contributed by atoms with Gasteiger partial charge in [0.05, 0.1) is 0 Å². The first-order valence-electron chi connectivity index (χ1n) is 7.43. The number of benzene rings is 1. The zero-order chi connectivity index (χ0) is 13.1. The lowest BCUT2D eigenvalue weighted by Gasteiger charge is -2.28. The van der Waals surface area contributed by atoms with Crippen LogP contribution in [-0.2, 0) is 0 Å². The normalized spacial score (nSPS) is 25.3. The van der Waals surface area contributed by atoms with E-state index in [2.05, 4.69) is 51.2 Å². The van der Waals surface area contributed by atoms with Crippen LogP contribution in [0, 0.1) is 25.7 Å². The summed E-state index contributed by atoms with van der Waals surface area (Å²) in [6, 6.07) is 7.55. The van der Waals surface area contributed by atoms with Gasteiger partial charge in [-0.25, -0.2) is 0 Å². The Labute approximate surface area is 112 Å². The van der Waals surface area contributed by atoms with E-state index in [1.54, 1.807) is 0 Å². The molecule has 1 fully saturated rings. The summed E-state index contributed by atoms with van der Waals surface area (Å²) < 4.78 is 0. The Morgan fingerprint density at radius 2 is 1.83 bits per heavy atom. The summed E-state index contributed by atoms with van der Waals surface area (Å²) in [5, 5.41) is 3.73. The predicted octanol–water partition coefficient (Wildman–Crippen LogP) is 4.39. The summed E-state index contributed by atoms with van der Waals surface area (Å²) in [5.74, 6) is 1.67. The fourth-order valence-electron chi connectivity index (χ4n) is 3.60. The monoisotopic (exact) mass is 245 g/mol.